The van der Waals surface area contributed by atoms with Gasteiger partial charge in [0.05, 0.1) is 10.5 Å². The van der Waals surface area contributed by atoms with Gasteiger partial charge >= 0.3 is 5.71 Å². The predicted octanol–water partition coefficient (Wildman–Crippen LogP) is 1.03. The molecule has 0 atom stereocenters. The minimum Gasteiger partial charge on any atom is -0.361 e. The van der Waals surface area contributed by atoms with Gasteiger partial charge in [-0.1, -0.05) is 18.2 Å². The zero-order valence-electron chi connectivity index (χ0n) is 8.16. The van der Waals surface area contributed by atoms with Crippen molar-refractivity contribution >= 4 is 15.8 Å². The second-order valence-electron chi connectivity index (χ2n) is 3.40. The Morgan fingerprint density at radius 3 is 2.62 bits per heavy atom. The van der Waals surface area contributed by atoms with E-state index in [4.69, 9.17) is 10.1 Å². The molecule has 0 bridgehead atoms. The van der Waals surface area contributed by atoms with Crippen molar-refractivity contribution in [3.8, 4) is 0 Å². The van der Waals surface area contributed by atoms with Gasteiger partial charge in [-0.15, -0.1) is 0 Å². The fourth-order valence-corrected chi connectivity index (χ4v) is 2.24. The minimum absolute atomic E-state index is 0.105. The van der Waals surface area contributed by atoms with E-state index in [2.05, 4.69) is 4.79 Å². The first-order valence-corrected chi connectivity index (χ1v) is 5.95. The van der Waals surface area contributed by atoms with Crippen molar-refractivity contribution in [1.29, 1.82) is 0 Å². The number of hydrogen-bond acceptors (Lipinski definition) is 2. The smallest absolute Gasteiger partial charge is 0.323 e. The highest BCUT2D eigenvalue weighted by Crippen LogP contribution is 2.23. The Bertz CT molecular complexity index is 625. The Kier molecular flexibility index (Phi) is 2.47. The van der Waals surface area contributed by atoms with Crippen molar-refractivity contribution in [3.63, 3.8) is 0 Å². The van der Waals surface area contributed by atoms with E-state index in [0.29, 0.717) is 11.1 Å². The van der Waals surface area contributed by atoms with E-state index in [0.717, 1.165) is 6.08 Å². The minimum atomic E-state index is -4.24. The monoisotopic (exact) mass is 236 g/mol. The zero-order chi connectivity index (χ0) is 11.8. The van der Waals surface area contributed by atoms with E-state index in [1.807, 2.05) is 0 Å². The Morgan fingerprint density at radius 1 is 1.31 bits per heavy atom. The van der Waals surface area contributed by atoms with Crippen LogP contribution in [0.4, 0.5) is 0 Å². The molecule has 1 aromatic carbocycles. The topological polar surface area (TPSA) is 90.8 Å². The Morgan fingerprint density at radius 2 is 2.00 bits per heavy atom. The van der Waals surface area contributed by atoms with Crippen LogP contribution in [0.5, 0.6) is 0 Å². The van der Waals surface area contributed by atoms with Gasteiger partial charge in [-0.3, -0.25) is 4.55 Å². The zero-order valence-corrected chi connectivity index (χ0v) is 8.98. The lowest BCUT2D eigenvalue weighted by atomic mass is 9.95. The van der Waals surface area contributed by atoms with E-state index >= 15 is 0 Å². The molecule has 0 saturated heterocycles. The predicted molar refractivity (Wildman–Crippen MR) is 57.5 cm³/mol. The van der Waals surface area contributed by atoms with Crippen LogP contribution in [0.15, 0.2) is 35.2 Å². The van der Waals surface area contributed by atoms with Gasteiger partial charge in [0, 0.05) is 12.5 Å². The lowest BCUT2D eigenvalue weighted by molar-refractivity contribution is -0.00237. The van der Waals surface area contributed by atoms with Crippen molar-refractivity contribution in [2.45, 2.75) is 6.42 Å². The molecule has 0 saturated carbocycles. The van der Waals surface area contributed by atoms with Crippen molar-refractivity contribution < 1.29 is 17.8 Å². The van der Waals surface area contributed by atoms with Crippen molar-refractivity contribution in [2.24, 2.45) is 0 Å². The molecular weight excluding hydrogens is 228 g/mol. The maximum Gasteiger partial charge on any atom is 0.323 e. The molecule has 0 unspecified atom stereocenters. The standard InChI is InChI=1S/C10H8N2O3S/c11-12-10-6-8(16(13,14)15)5-7-3-1-2-4-9(7)10/h1-4,6H,5H2,(H,13,14,15). The highest BCUT2D eigenvalue weighted by molar-refractivity contribution is 7.89. The third kappa shape index (κ3) is 1.81. The van der Waals surface area contributed by atoms with Gasteiger partial charge in [0.1, 0.15) is 0 Å². The lowest BCUT2D eigenvalue weighted by Crippen LogP contribution is -2.16. The average Bonchev–Trinajstić information content (AvgIpc) is 2.26. The third-order valence-corrected chi connectivity index (χ3v) is 3.32. The van der Waals surface area contributed by atoms with Crippen LogP contribution in [0.3, 0.4) is 0 Å². The van der Waals surface area contributed by atoms with Gasteiger partial charge in [0.25, 0.3) is 10.1 Å². The maximum absolute atomic E-state index is 11.0. The van der Waals surface area contributed by atoms with E-state index in [1.165, 1.54) is 0 Å². The molecule has 0 heterocycles. The summed E-state index contributed by atoms with van der Waals surface area (Å²) >= 11 is 0. The molecule has 0 amide bonds. The summed E-state index contributed by atoms with van der Waals surface area (Å²) in [5, 5.41) is 0. The number of hydrogen-bond donors (Lipinski definition) is 1. The van der Waals surface area contributed by atoms with Gasteiger partial charge in [0.2, 0.25) is 0 Å². The maximum atomic E-state index is 11.0. The summed E-state index contributed by atoms with van der Waals surface area (Å²) in [6, 6.07) is 6.96. The summed E-state index contributed by atoms with van der Waals surface area (Å²) in [7, 11) is -4.24. The molecule has 6 heteroatoms. The molecule has 2 rings (SSSR count). The fraction of sp³-hybridized carbons (Fsp3) is 0.100. The van der Waals surface area contributed by atoms with Gasteiger partial charge < -0.3 is 5.53 Å². The summed E-state index contributed by atoms with van der Waals surface area (Å²) in [4.78, 5) is 2.85. The lowest BCUT2D eigenvalue weighted by Gasteiger charge is -2.11. The normalized spacial score (nSPS) is 15.1. The van der Waals surface area contributed by atoms with E-state index in [1.54, 1.807) is 24.3 Å². The van der Waals surface area contributed by atoms with Gasteiger partial charge in [-0.25, -0.2) is 0 Å². The van der Waals surface area contributed by atoms with Crippen LogP contribution in [0, 0.1) is 0 Å². The molecule has 0 spiro atoms. The molecule has 0 fully saturated rings. The first-order chi connectivity index (χ1) is 7.52. The SMILES string of the molecule is [N-]=[N+]=C1C=C(S(=O)(=O)O)Cc2ccccc21. The summed E-state index contributed by atoms with van der Waals surface area (Å²) in [6.45, 7) is 0. The van der Waals surface area contributed by atoms with Crippen molar-refractivity contribution in [1.82, 2.24) is 0 Å². The van der Waals surface area contributed by atoms with E-state index in [9.17, 15) is 8.42 Å². The van der Waals surface area contributed by atoms with Crippen LogP contribution in [0.2, 0.25) is 0 Å². The highest BCUT2D eigenvalue weighted by Gasteiger charge is 2.27. The number of fused-ring (bicyclic) bond motifs is 1. The molecule has 1 aromatic rings. The molecule has 1 aliphatic rings. The summed E-state index contributed by atoms with van der Waals surface area (Å²) in [5.74, 6) is 0. The van der Waals surface area contributed by atoms with Crippen LogP contribution >= 0.6 is 0 Å². The van der Waals surface area contributed by atoms with Crippen molar-refractivity contribution in [3.05, 3.63) is 51.9 Å². The van der Waals surface area contributed by atoms with Crippen LogP contribution < -0.4 is 0 Å². The Hall–Kier alpha value is -1.75. The fourth-order valence-electron chi connectivity index (χ4n) is 1.64. The van der Waals surface area contributed by atoms with Gasteiger partial charge in [-0.05, 0) is 11.6 Å². The molecule has 1 N–H and O–H groups in total. The molecule has 16 heavy (non-hydrogen) atoms. The molecule has 0 aliphatic heterocycles. The molecule has 1 aliphatic carbocycles. The highest BCUT2D eigenvalue weighted by atomic mass is 32.2. The summed E-state index contributed by atoms with van der Waals surface area (Å²) in [6.07, 6.45) is 1.27. The second-order valence-corrected chi connectivity index (χ2v) is 4.88. The van der Waals surface area contributed by atoms with Crippen LogP contribution in [0.1, 0.15) is 11.1 Å². The molecule has 0 radical (unpaired) electrons. The quantitative estimate of drug-likeness (QED) is 0.448. The van der Waals surface area contributed by atoms with Crippen molar-refractivity contribution in [2.75, 3.05) is 0 Å². The second kappa shape index (κ2) is 3.68. The molecule has 82 valence electrons. The first kappa shape index (κ1) is 10.8. The Labute approximate surface area is 92.4 Å². The van der Waals surface area contributed by atoms with Gasteiger partial charge in [0.15, 0.2) is 0 Å². The average molecular weight is 236 g/mol. The number of allylic oxidation sites excluding steroid dienone is 2. The van der Waals surface area contributed by atoms with Crippen LogP contribution in [0.25, 0.3) is 5.53 Å². The number of benzene rings is 1. The third-order valence-electron chi connectivity index (χ3n) is 2.39. The van der Waals surface area contributed by atoms with E-state index in [-0.39, 0.29) is 17.0 Å². The summed E-state index contributed by atoms with van der Waals surface area (Å²) < 4.78 is 31.0. The Balaban J connectivity index is 2.64. The molecule has 0 aromatic heterocycles. The molecular formula is C10H8N2O3S. The summed E-state index contributed by atoms with van der Waals surface area (Å²) in [5.41, 5.74) is 10.3. The van der Waals surface area contributed by atoms with Crippen LogP contribution in [-0.2, 0) is 16.5 Å². The number of rotatable bonds is 1. The van der Waals surface area contributed by atoms with E-state index < -0.39 is 10.1 Å². The largest absolute Gasteiger partial charge is 0.361 e. The van der Waals surface area contributed by atoms with Gasteiger partial charge in [-0.2, -0.15) is 13.2 Å². The molecule has 5 nitrogen and oxygen atoms in total. The van der Waals surface area contributed by atoms with Crippen LogP contribution in [-0.4, -0.2) is 23.5 Å². The number of nitrogens with zero attached hydrogens (tertiary/aromatic N) is 2. The first-order valence-electron chi connectivity index (χ1n) is 4.51.